The first-order valence-electron chi connectivity index (χ1n) is 9.07. The molecule has 29 heavy (non-hydrogen) atoms. The van der Waals surface area contributed by atoms with E-state index in [-0.39, 0.29) is 18.7 Å². The minimum absolute atomic E-state index is 0.0224. The van der Waals surface area contributed by atoms with E-state index in [1.165, 1.54) is 18.2 Å². The van der Waals surface area contributed by atoms with Crippen LogP contribution in [0.1, 0.15) is 31.9 Å². The van der Waals surface area contributed by atoms with Crippen LogP contribution in [0.15, 0.2) is 54.6 Å². The summed E-state index contributed by atoms with van der Waals surface area (Å²) >= 11 is 0. The first-order chi connectivity index (χ1) is 13.6. The van der Waals surface area contributed by atoms with Crippen molar-refractivity contribution in [1.82, 2.24) is 5.32 Å². The van der Waals surface area contributed by atoms with Crippen LogP contribution in [0.25, 0.3) is 0 Å². The number of nitro groups is 1. The van der Waals surface area contributed by atoms with E-state index in [2.05, 4.69) is 5.32 Å². The van der Waals surface area contributed by atoms with Crippen LogP contribution >= 0.6 is 0 Å². The molecule has 0 heterocycles. The van der Waals surface area contributed by atoms with E-state index >= 15 is 0 Å². The van der Waals surface area contributed by atoms with Gasteiger partial charge in [0.2, 0.25) is 0 Å². The van der Waals surface area contributed by atoms with Crippen LogP contribution in [-0.4, -0.2) is 28.6 Å². The summed E-state index contributed by atoms with van der Waals surface area (Å²) in [7, 11) is 0. The zero-order valence-electron chi connectivity index (χ0n) is 16.6. The zero-order valence-corrected chi connectivity index (χ0v) is 16.6. The largest absolute Gasteiger partial charge is 0.459 e. The number of rotatable bonds is 7. The van der Waals surface area contributed by atoms with E-state index in [0.29, 0.717) is 5.56 Å². The van der Waals surface area contributed by atoms with E-state index in [0.717, 1.165) is 5.56 Å². The molecule has 0 radical (unpaired) electrons. The van der Waals surface area contributed by atoms with Crippen LogP contribution in [0.5, 0.6) is 0 Å². The van der Waals surface area contributed by atoms with Gasteiger partial charge in [0.05, 0.1) is 4.92 Å². The molecule has 2 rings (SSSR count). The Bertz CT molecular complexity index is 861. The van der Waals surface area contributed by atoms with Crippen molar-refractivity contribution in [2.45, 2.75) is 45.4 Å². The van der Waals surface area contributed by atoms with Crippen molar-refractivity contribution >= 4 is 17.7 Å². The Morgan fingerprint density at radius 3 is 2.34 bits per heavy atom. The highest BCUT2D eigenvalue weighted by Gasteiger charge is 2.26. The van der Waals surface area contributed by atoms with Gasteiger partial charge >= 0.3 is 12.1 Å². The van der Waals surface area contributed by atoms with Gasteiger partial charge in [-0.15, -0.1) is 0 Å². The average molecular weight is 400 g/mol. The fourth-order valence-corrected chi connectivity index (χ4v) is 2.51. The van der Waals surface area contributed by atoms with Gasteiger partial charge < -0.3 is 14.8 Å². The molecule has 0 saturated carbocycles. The third-order valence-corrected chi connectivity index (χ3v) is 3.76. The summed E-state index contributed by atoms with van der Waals surface area (Å²) in [6, 6.07) is 13.9. The minimum Gasteiger partial charge on any atom is -0.459 e. The Balaban J connectivity index is 2.13. The number of esters is 1. The number of non-ortho nitro benzene ring substituents is 1. The van der Waals surface area contributed by atoms with Crippen LogP contribution in [0.3, 0.4) is 0 Å². The Morgan fingerprint density at radius 1 is 1.07 bits per heavy atom. The summed E-state index contributed by atoms with van der Waals surface area (Å²) < 4.78 is 10.5. The SMILES string of the molecule is CC(C)(C)OC(=O)N[C@@H](Cc1cccc([N+](=O)[O-])c1)C(=O)OCc1ccccc1. The first-order valence-corrected chi connectivity index (χ1v) is 9.07. The number of carbonyl (C=O) groups excluding carboxylic acids is 2. The second kappa shape index (κ2) is 9.68. The van der Waals surface area contributed by atoms with E-state index in [1.54, 1.807) is 26.8 Å². The molecule has 2 aromatic rings. The fourth-order valence-electron chi connectivity index (χ4n) is 2.51. The Kier molecular flexibility index (Phi) is 7.30. The molecule has 8 heteroatoms. The van der Waals surface area contributed by atoms with E-state index < -0.39 is 28.6 Å². The predicted octanol–water partition coefficient (Wildman–Crippen LogP) is 3.77. The average Bonchev–Trinajstić information content (AvgIpc) is 2.65. The molecule has 1 amide bonds. The second-order valence-electron chi connectivity index (χ2n) is 7.42. The van der Waals surface area contributed by atoms with Gasteiger partial charge in [0.15, 0.2) is 0 Å². The summed E-state index contributed by atoms with van der Waals surface area (Å²) in [6.07, 6.45) is -0.751. The number of amides is 1. The van der Waals surface area contributed by atoms with Crippen LogP contribution in [0, 0.1) is 10.1 Å². The molecule has 0 aromatic heterocycles. The lowest BCUT2D eigenvalue weighted by molar-refractivity contribution is -0.384. The number of nitrogens with zero attached hydrogens (tertiary/aromatic N) is 1. The second-order valence-corrected chi connectivity index (χ2v) is 7.42. The Labute approximate surface area is 169 Å². The molecule has 0 saturated heterocycles. The topological polar surface area (TPSA) is 108 Å². The monoisotopic (exact) mass is 400 g/mol. The van der Waals surface area contributed by atoms with Crippen LogP contribution in [-0.2, 0) is 27.3 Å². The number of alkyl carbamates (subject to hydrolysis) is 1. The molecule has 8 nitrogen and oxygen atoms in total. The molecule has 154 valence electrons. The highest BCUT2D eigenvalue weighted by atomic mass is 16.6. The summed E-state index contributed by atoms with van der Waals surface area (Å²) in [6.45, 7) is 5.16. The maximum absolute atomic E-state index is 12.6. The lowest BCUT2D eigenvalue weighted by Crippen LogP contribution is -2.45. The molecule has 0 aliphatic heterocycles. The molecule has 0 fully saturated rings. The van der Waals surface area contributed by atoms with Crippen molar-refractivity contribution in [2.75, 3.05) is 0 Å². The van der Waals surface area contributed by atoms with Crippen molar-refractivity contribution in [2.24, 2.45) is 0 Å². The van der Waals surface area contributed by atoms with Crippen molar-refractivity contribution in [3.63, 3.8) is 0 Å². The van der Waals surface area contributed by atoms with Crippen LogP contribution in [0.2, 0.25) is 0 Å². The maximum Gasteiger partial charge on any atom is 0.408 e. The molecule has 0 unspecified atom stereocenters. The number of hydrogen-bond donors (Lipinski definition) is 1. The maximum atomic E-state index is 12.6. The standard InChI is InChI=1S/C21H24N2O6/c1-21(2,3)29-20(25)22-18(13-16-10-7-11-17(12-16)23(26)27)19(24)28-14-15-8-5-4-6-9-15/h4-12,18H,13-14H2,1-3H3,(H,22,25)/t18-/m0/s1. The molecular formula is C21H24N2O6. The van der Waals surface area contributed by atoms with Crippen molar-refractivity contribution in [3.05, 3.63) is 75.8 Å². The highest BCUT2D eigenvalue weighted by molar-refractivity contribution is 5.81. The van der Waals surface area contributed by atoms with Crippen molar-refractivity contribution < 1.29 is 24.0 Å². The van der Waals surface area contributed by atoms with Gasteiger partial charge in [0.1, 0.15) is 18.2 Å². The number of nitrogens with one attached hydrogen (secondary N) is 1. The molecule has 1 atom stereocenters. The Morgan fingerprint density at radius 2 is 1.72 bits per heavy atom. The van der Waals surface area contributed by atoms with E-state index in [4.69, 9.17) is 9.47 Å². The molecule has 0 bridgehead atoms. The normalized spacial score (nSPS) is 12.0. The van der Waals surface area contributed by atoms with Crippen molar-refractivity contribution in [3.8, 4) is 0 Å². The lowest BCUT2D eigenvalue weighted by atomic mass is 10.1. The zero-order chi connectivity index (χ0) is 21.4. The Hall–Kier alpha value is -3.42. The number of nitro benzene ring substituents is 1. The van der Waals surface area contributed by atoms with Gasteiger partial charge in [-0.3, -0.25) is 10.1 Å². The van der Waals surface area contributed by atoms with Crippen LogP contribution < -0.4 is 5.32 Å². The first kappa shape index (κ1) is 21.9. The van der Waals surface area contributed by atoms with E-state index in [9.17, 15) is 19.7 Å². The minimum atomic E-state index is -1.06. The van der Waals surface area contributed by atoms with Gasteiger partial charge in [0, 0.05) is 18.6 Å². The number of benzene rings is 2. The smallest absolute Gasteiger partial charge is 0.408 e. The van der Waals surface area contributed by atoms with Crippen molar-refractivity contribution in [1.29, 1.82) is 0 Å². The fraction of sp³-hybridized carbons (Fsp3) is 0.333. The number of carbonyl (C=O) groups is 2. The van der Waals surface area contributed by atoms with Gasteiger partial charge in [-0.05, 0) is 31.9 Å². The molecular weight excluding hydrogens is 376 g/mol. The van der Waals surface area contributed by atoms with Crippen LogP contribution in [0.4, 0.5) is 10.5 Å². The van der Waals surface area contributed by atoms with Gasteiger partial charge in [0.25, 0.3) is 5.69 Å². The summed E-state index contributed by atoms with van der Waals surface area (Å²) in [5.74, 6) is -0.661. The quantitative estimate of drug-likeness (QED) is 0.431. The predicted molar refractivity (Wildman–Crippen MR) is 106 cm³/mol. The molecule has 0 spiro atoms. The van der Waals surface area contributed by atoms with E-state index in [1.807, 2.05) is 30.3 Å². The number of ether oxygens (including phenoxy) is 2. The third-order valence-electron chi connectivity index (χ3n) is 3.76. The molecule has 0 aliphatic carbocycles. The summed E-state index contributed by atoms with van der Waals surface area (Å²) in [4.78, 5) is 35.2. The third kappa shape index (κ3) is 7.61. The molecule has 1 N–H and O–H groups in total. The highest BCUT2D eigenvalue weighted by Crippen LogP contribution is 2.16. The molecule has 2 aromatic carbocycles. The molecule has 0 aliphatic rings. The lowest BCUT2D eigenvalue weighted by Gasteiger charge is -2.23. The summed E-state index contributed by atoms with van der Waals surface area (Å²) in [5, 5.41) is 13.5. The van der Waals surface area contributed by atoms with Gasteiger partial charge in [-0.1, -0.05) is 42.5 Å². The number of hydrogen-bond acceptors (Lipinski definition) is 6. The summed E-state index contributed by atoms with van der Waals surface area (Å²) in [5.41, 5.74) is 0.467. The van der Waals surface area contributed by atoms with Gasteiger partial charge in [-0.25, -0.2) is 9.59 Å². The van der Waals surface area contributed by atoms with Gasteiger partial charge in [-0.2, -0.15) is 0 Å².